The van der Waals surface area contributed by atoms with E-state index in [0.717, 1.165) is 51.4 Å². The van der Waals surface area contributed by atoms with E-state index in [4.69, 9.17) is 4.74 Å². The molecule has 0 unspecified atom stereocenters. The van der Waals surface area contributed by atoms with Crippen LogP contribution in [0.2, 0.25) is 0 Å². The summed E-state index contributed by atoms with van der Waals surface area (Å²) in [5.41, 5.74) is -1.01. The van der Waals surface area contributed by atoms with Crippen LogP contribution in [-0.2, 0) is 14.3 Å². The van der Waals surface area contributed by atoms with Crippen LogP contribution in [0.1, 0.15) is 72.1 Å². The van der Waals surface area contributed by atoms with Crippen molar-refractivity contribution in [3.05, 3.63) is 12.7 Å². The van der Waals surface area contributed by atoms with E-state index in [1.807, 2.05) is 13.0 Å². The molecule has 3 saturated carbocycles. The number of rotatable bonds is 2. The van der Waals surface area contributed by atoms with Crippen LogP contribution in [0, 0.1) is 27.6 Å². The number of ether oxygens (including phenoxy) is 1. The Hall–Kier alpha value is -1.12. The van der Waals surface area contributed by atoms with Gasteiger partial charge in [-0.1, -0.05) is 26.3 Å². The molecule has 0 heterocycles. The highest BCUT2D eigenvalue weighted by atomic mass is 16.5. The lowest BCUT2D eigenvalue weighted by Crippen LogP contribution is -2.58. The van der Waals surface area contributed by atoms with E-state index in [9.17, 15) is 9.59 Å². The number of carbonyl (C=O) groups is 2. The first kappa shape index (κ1) is 17.7. The Morgan fingerprint density at radius 3 is 2.46 bits per heavy atom. The quantitative estimate of drug-likeness (QED) is 0.544. The van der Waals surface area contributed by atoms with Crippen molar-refractivity contribution >= 4 is 11.8 Å². The molecule has 0 amide bonds. The van der Waals surface area contributed by atoms with Gasteiger partial charge in [-0.25, -0.2) is 0 Å². The molecule has 0 aromatic carbocycles. The zero-order chi connectivity index (χ0) is 17.8. The van der Waals surface area contributed by atoms with Gasteiger partial charge < -0.3 is 4.74 Å². The molecule has 3 rings (SSSR count). The molecule has 0 N–H and O–H groups in total. The van der Waals surface area contributed by atoms with Crippen LogP contribution in [0.5, 0.6) is 0 Å². The molecule has 0 radical (unpaired) electrons. The van der Waals surface area contributed by atoms with E-state index >= 15 is 0 Å². The minimum Gasteiger partial charge on any atom is -0.469 e. The number of hydrogen-bond donors (Lipinski definition) is 0. The molecule has 3 heteroatoms. The van der Waals surface area contributed by atoms with Crippen molar-refractivity contribution in [1.29, 1.82) is 0 Å². The van der Waals surface area contributed by atoms with Gasteiger partial charge in [0.05, 0.1) is 12.5 Å². The lowest BCUT2D eigenvalue weighted by atomic mass is 9.46. The van der Waals surface area contributed by atoms with Gasteiger partial charge in [0.2, 0.25) is 0 Å². The highest BCUT2D eigenvalue weighted by Crippen LogP contribution is 2.65. The van der Waals surface area contributed by atoms with Gasteiger partial charge in [-0.05, 0) is 63.2 Å². The monoisotopic (exact) mass is 332 g/mol. The molecule has 3 nitrogen and oxygen atoms in total. The molecule has 5 atom stereocenters. The summed E-state index contributed by atoms with van der Waals surface area (Å²) in [5, 5.41) is 0. The van der Waals surface area contributed by atoms with Crippen LogP contribution in [0.25, 0.3) is 0 Å². The number of fused-ring (bicyclic) bond motifs is 1. The summed E-state index contributed by atoms with van der Waals surface area (Å²) in [5.74, 6) is 0.399. The Morgan fingerprint density at radius 1 is 1.17 bits per heavy atom. The van der Waals surface area contributed by atoms with E-state index in [0.29, 0.717) is 5.78 Å². The Labute approximate surface area is 146 Å². The van der Waals surface area contributed by atoms with Crippen LogP contribution in [0.15, 0.2) is 12.7 Å². The Morgan fingerprint density at radius 2 is 1.88 bits per heavy atom. The lowest BCUT2D eigenvalue weighted by Gasteiger charge is -2.56. The summed E-state index contributed by atoms with van der Waals surface area (Å²) in [7, 11) is 1.47. The van der Waals surface area contributed by atoms with E-state index in [2.05, 4.69) is 20.4 Å². The van der Waals surface area contributed by atoms with Crippen molar-refractivity contribution in [2.45, 2.75) is 72.1 Å². The van der Waals surface area contributed by atoms with Gasteiger partial charge in [-0.15, -0.1) is 6.58 Å². The summed E-state index contributed by atoms with van der Waals surface area (Å²) in [4.78, 5) is 26.2. The molecule has 0 aromatic rings. The molecule has 3 aliphatic rings. The second-order valence-electron chi connectivity index (χ2n) is 9.42. The van der Waals surface area contributed by atoms with Gasteiger partial charge in [-0.3, -0.25) is 9.59 Å². The maximum absolute atomic E-state index is 13.7. The maximum Gasteiger partial charge on any atom is 0.311 e. The van der Waals surface area contributed by atoms with E-state index in [1.54, 1.807) is 0 Å². The van der Waals surface area contributed by atoms with Gasteiger partial charge in [0.25, 0.3) is 0 Å². The van der Waals surface area contributed by atoms with Crippen molar-refractivity contribution in [3.8, 4) is 0 Å². The molecule has 1 spiro atoms. The van der Waals surface area contributed by atoms with Gasteiger partial charge in [0, 0.05) is 10.8 Å². The summed E-state index contributed by atoms with van der Waals surface area (Å²) < 4.78 is 5.13. The molecule has 0 bridgehead atoms. The Balaban J connectivity index is 1.96. The number of methoxy groups -OCH3 is 1. The summed E-state index contributed by atoms with van der Waals surface area (Å²) in [6.45, 7) is 10.4. The zero-order valence-corrected chi connectivity index (χ0v) is 15.7. The van der Waals surface area contributed by atoms with E-state index in [1.165, 1.54) is 7.11 Å². The van der Waals surface area contributed by atoms with Crippen molar-refractivity contribution in [1.82, 2.24) is 0 Å². The second-order valence-corrected chi connectivity index (χ2v) is 9.42. The predicted octanol–water partition coefficient (Wildman–Crippen LogP) is 4.70. The number of Topliss-reactive ketones (excluding diaryl/α,β-unsaturated/α-hetero) is 1. The van der Waals surface area contributed by atoms with E-state index < -0.39 is 5.41 Å². The molecule has 3 aliphatic carbocycles. The van der Waals surface area contributed by atoms with Crippen molar-refractivity contribution in [2.75, 3.05) is 7.11 Å². The van der Waals surface area contributed by atoms with Crippen LogP contribution < -0.4 is 0 Å². The van der Waals surface area contributed by atoms with Gasteiger partial charge in [0.1, 0.15) is 5.78 Å². The van der Waals surface area contributed by atoms with Gasteiger partial charge in [0.15, 0.2) is 0 Å². The second kappa shape index (κ2) is 5.44. The van der Waals surface area contributed by atoms with Crippen LogP contribution >= 0.6 is 0 Å². The Bertz CT molecular complexity index is 582. The molecular formula is C21H32O3. The number of hydrogen-bond acceptors (Lipinski definition) is 3. The smallest absolute Gasteiger partial charge is 0.311 e. The van der Waals surface area contributed by atoms with Crippen molar-refractivity contribution in [3.63, 3.8) is 0 Å². The average Bonchev–Trinajstić information content (AvgIpc) is 2.90. The number of carbonyl (C=O) groups excluding carboxylic acids is 2. The van der Waals surface area contributed by atoms with Gasteiger partial charge >= 0.3 is 5.97 Å². The largest absolute Gasteiger partial charge is 0.469 e. The summed E-state index contributed by atoms with van der Waals surface area (Å²) in [6, 6.07) is 0. The molecule has 0 saturated heterocycles. The first-order valence-corrected chi connectivity index (χ1v) is 9.43. The van der Waals surface area contributed by atoms with Crippen LogP contribution in [0.3, 0.4) is 0 Å². The number of ketones is 1. The van der Waals surface area contributed by atoms with E-state index in [-0.39, 0.29) is 28.1 Å². The average molecular weight is 332 g/mol. The van der Waals surface area contributed by atoms with Crippen LogP contribution in [0.4, 0.5) is 0 Å². The Kier molecular flexibility index (Phi) is 4.01. The summed E-state index contributed by atoms with van der Waals surface area (Å²) in [6.07, 6.45) is 9.56. The fraction of sp³-hybridized carbons (Fsp3) is 0.810. The lowest BCUT2D eigenvalue weighted by molar-refractivity contribution is -0.175. The van der Waals surface area contributed by atoms with Crippen molar-refractivity contribution in [2.24, 2.45) is 27.6 Å². The molecule has 134 valence electrons. The first-order chi connectivity index (χ1) is 11.2. The molecule has 0 aliphatic heterocycles. The normalized spacial score (nSPS) is 48.2. The fourth-order valence-corrected chi connectivity index (χ4v) is 6.46. The first-order valence-electron chi connectivity index (χ1n) is 9.43. The zero-order valence-electron chi connectivity index (χ0n) is 15.7. The molecule has 0 aromatic heterocycles. The minimum atomic E-state index is -0.515. The predicted molar refractivity (Wildman–Crippen MR) is 94.4 cm³/mol. The highest BCUT2D eigenvalue weighted by Gasteiger charge is 2.64. The standard InChI is InChI=1S/C21H32O3/c1-6-18(2)12-13-21(14-18)11-8-15-19(3,16(21)22)9-7-10-20(15,4)17(23)24-5/h6,15H,1,7-14H2,2-5H3/t15-,18+,19+,20-,21+/m1/s1. The topological polar surface area (TPSA) is 43.4 Å². The third-order valence-electron chi connectivity index (χ3n) is 7.90. The SMILES string of the molecule is C=C[C@@]1(C)CC[C@@]2(CC[C@H]3[C@](C)(C(=O)OC)CCC[C@]3(C)C2=O)C1. The third kappa shape index (κ3) is 2.23. The fourth-order valence-electron chi connectivity index (χ4n) is 6.46. The highest BCUT2D eigenvalue weighted by molar-refractivity contribution is 5.93. The third-order valence-corrected chi connectivity index (χ3v) is 7.90. The molecule has 24 heavy (non-hydrogen) atoms. The van der Waals surface area contributed by atoms with Crippen LogP contribution in [-0.4, -0.2) is 18.9 Å². The van der Waals surface area contributed by atoms with Gasteiger partial charge in [-0.2, -0.15) is 0 Å². The maximum atomic E-state index is 13.7. The number of esters is 1. The molecular weight excluding hydrogens is 300 g/mol. The number of allylic oxidation sites excluding steroid dienone is 1. The minimum absolute atomic E-state index is 0.0825. The van der Waals surface area contributed by atoms with Crippen molar-refractivity contribution < 1.29 is 14.3 Å². The molecule has 3 fully saturated rings. The summed E-state index contributed by atoms with van der Waals surface area (Å²) >= 11 is 0.